The van der Waals surface area contributed by atoms with Crippen molar-refractivity contribution in [3.8, 4) is 22.7 Å². The number of benzene rings is 2. The molecule has 1 N–H and O–H groups in total. The molecule has 0 saturated carbocycles. The zero-order valence-electron chi connectivity index (χ0n) is 17.3. The van der Waals surface area contributed by atoms with Crippen molar-refractivity contribution < 1.29 is 9.53 Å². The second kappa shape index (κ2) is 10.2. The lowest BCUT2D eigenvalue weighted by atomic mass is 10.1. The van der Waals surface area contributed by atoms with Crippen LogP contribution in [0.4, 0.5) is 0 Å². The highest BCUT2D eigenvalue weighted by molar-refractivity contribution is 7.98. The van der Waals surface area contributed by atoms with Gasteiger partial charge in [-0.1, -0.05) is 6.92 Å². The van der Waals surface area contributed by atoms with E-state index in [1.165, 1.54) is 4.90 Å². The molecule has 3 aromatic rings. The van der Waals surface area contributed by atoms with Gasteiger partial charge in [0.2, 0.25) is 5.91 Å². The van der Waals surface area contributed by atoms with E-state index in [0.29, 0.717) is 12.8 Å². The van der Waals surface area contributed by atoms with Gasteiger partial charge >= 0.3 is 0 Å². The van der Waals surface area contributed by atoms with Crippen LogP contribution in [0.2, 0.25) is 0 Å². The number of methoxy groups -OCH3 is 1. The van der Waals surface area contributed by atoms with Gasteiger partial charge in [0.25, 0.3) is 0 Å². The van der Waals surface area contributed by atoms with Gasteiger partial charge in [-0.2, -0.15) is 0 Å². The summed E-state index contributed by atoms with van der Waals surface area (Å²) >= 11 is 1.73. The second-order valence-corrected chi connectivity index (χ2v) is 7.70. The first-order valence-electron chi connectivity index (χ1n) is 9.92. The third-order valence-electron chi connectivity index (χ3n) is 4.86. The summed E-state index contributed by atoms with van der Waals surface area (Å²) in [6, 6.07) is 20.9. The Hall–Kier alpha value is -2.66. The van der Waals surface area contributed by atoms with Gasteiger partial charge < -0.3 is 14.6 Å². The number of hydrogen-bond acceptors (Lipinski definition) is 3. The van der Waals surface area contributed by atoms with Crippen LogP contribution in [0, 0.1) is 0 Å². The first kappa shape index (κ1) is 21.1. The summed E-state index contributed by atoms with van der Waals surface area (Å²) in [5, 5.41) is 2.96. The van der Waals surface area contributed by atoms with Crippen molar-refractivity contribution in [2.45, 2.75) is 31.1 Å². The summed E-state index contributed by atoms with van der Waals surface area (Å²) in [5.41, 5.74) is 4.44. The first-order valence-corrected chi connectivity index (χ1v) is 11.1. The predicted octanol–water partition coefficient (Wildman–Crippen LogP) is 5.33. The maximum Gasteiger partial charge on any atom is 0.220 e. The number of aromatic nitrogens is 1. The molecule has 1 aromatic heterocycles. The van der Waals surface area contributed by atoms with Crippen LogP contribution in [-0.4, -0.2) is 30.4 Å². The van der Waals surface area contributed by atoms with E-state index in [2.05, 4.69) is 71.6 Å². The number of rotatable bonds is 9. The largest absolute Gasteiger partial charge is 0.497 e. The van der Waals surface area contributed by atoms with Crippen molar-refractivity contribution in [1.29, 1.82) is 0 Å². The highest BCUT2D eigenvalue weighted by Crippen LogP contribution is 2.29. The van der Waals surface area contributed by atoms with Gasteiger partial charge in [0, 0.05) is 29.2 Å². The van der Waals surface area contributed by atoms with E-state index in [-0.39, 0.29) is 5.91 Å². The molecule has 0 bridgehead atoms. The number of hydrogen-bond donors (Lipinski definition) is 1. The smallest absolute Gasteiger partial charge is 0.220 e. The van der Waals surface area contributed by atoms with E-state index in [1.54, 1.807) is 18.9 Å². The molecule has 0 unspecified atom stereocenters. The minimum absolute atomic E-state index is 0.100. The molecule has 1 amide bonds. The maximum absolute atomic E-state index is 12.1. The van der Waals surface area contributed by atoms with E-state index in [0.717, 1.165) is 41.4 Å². The number of carbonyl (C=O) groups excluding carboxylic acids is 1. The Balaban J connectivity index is 1.94. The molecular weight excluding hydrogens is 380 g/mol. The minimum atomic E-state index is 0.100. The Morgan fingerprint density at radius 3 is 2.38 bits per heavy atom. The summed E-state index contributed by atoms with van der Waals surface area (Å²) in [5.74, 6) is 0.937. The van der Waals surface area contributed by atoms with E-state index >= 15 is 0 Å². The zero-order valence-corrected chi connectivity index (χ0v) is 18.1. The number of nitrogens with one attached hydrogen (secondary N) is 1. The molecule has 0 aliphatic heterocycles. The minimum Gasteiger partial charge on any atom is -0.497 e. The van der Waals surface area contributed by atoms with Crippen molar-refractivity contribution in [1.82, 2.24) is 9.88 Å². The van der Waals surface area contributed by atoms with Gasteiger partial charge in [-0.25, -0.2) is 0 Å². The molecule has 152 valence electrons. The second-order valence-electron chi connectivity index (χ2n) is 6.82. The standard InChI is InChI=1S/C24H28N2O2S/c1-4-17-25-24(27)16-10-20-9-15-23(18-5-11-21(28-2)12-6-18)26(20)19-7-13-22(29-3)14-8-19/h5-9,11-15H,4,10,16-17H2,1-3H3,(H,25,27). The molecule has 0 aliphatic carbocycles. The van der Waals surface area contributed by atoms with Crippen LogP contribution in [-0.2, 0) is 11.2 Å². The summed E-state index contributed by atoms with van der Waals surface area (Å²) in [4.78, 5) is 13.3. The van der Waals surface area contributed by atoms with Crippen LogP contribution in [0.25, 0.3) is 16.9 Å². The average molecular weight is 409 g/mol. The summed E-state index contributed by atoms with van der Waals surface area (Å²) in [7, 11) is 1.67. The highest BCUT2D eigenvalue weighted by atomic mass is 32.2. The van der Waals surface area contributed by atoms with Crippen molar-refractivity contribution >= 4 is 17.7 Å². The zero-order chi connectivity index (χ0) is 20.6. The van der Waals surface area contributed by atoms with Crippen molar-refractivity contribution in [3.63, 3.8) is 0 Å². The molecule has 5 heteroatoms. The molecule has 3 rings (SSSR count). The van der Waals surface area contributed by atoms with Crippen LogP contribution < -0.4 is 10.1 Å². The molecule has 0 saturated heterocycles. The third-order valence-corrected chi connectivity index (χ3v) is 5.60. The van der Waals surface area contributed by atoms with Crippen molar-refractivity contribution in [2.75, 3.05) is 19.9 Å². The van der Waals surface area contributed by atoms with Crippen LogP contribution in [0.15, 0.2) is 65.6 Å². The lowest BCUT2D eigenvalue weighted by molar-refractivity contribution is -0.121. The van der Waals surface area contributed by atoms with E-state index in [1.807, 2.05) is 12.1 Å². The van der Waals surface area contributed by atoms with Gasteiger partial charge in [-0.05, 0) is 85.3 Å². The number of carbonyl (C=O) groups is 1. The normalized spacial score (nSPS) is 10.7. The maximum atomic E-state index is 12.1. The first-order chi connectivity index (χ1) is 14.2. The van der Waals surface area contributed by atoms with Crippen LogP contribution in [0.3, 0.4) is 0 Å². The Kier molecular flexibility index (Phi) is 7.42. The lowest BCUT2D eigenvalue weighted by Crippen LogP contribution is -2.24. The van der Waals surface area contributed by atoms with Crippen LogP contribution in [0.5, 0.6) is 5.75 Å². The molecule has 2 aromatic carbocycles. The van der Waals surface area contributed by atoms with Gasteiger partial charge in [0.15, 0.2) is 0 Å². The highest BCUT2D eigenvalue weighted by Gasteiger charge is 2.13. The quantitative estimate of drug-likeness (QED) is 0.487. The average Bonchev–Trinajstić information content (AvgIpc) is 3.20. The Labute approximate surface area is 177 Å². The van der Waals surface area contributed by atoms with Gasteiger partial charge in [-0.3, -0.25) is 4.79 Å². The topological polar surface area (TPSA) is 43.3 Å². The van der Waals surface area contributed by atoms with Gasteiger partial charge in [0.1, 0.15) is 5.75 Å². The van der Waals surface area contributed by atoms with Crippen molar-refractivity contribution in [2.24, 2.45) is 0 Å². The summed E-state index contributed by atoms with van der Waals surface area (Å²) in [6.45, 7) is 2.79. The lowest BCUT2D eigenvalue weighted by Gasteiger charge is -2.15. The number of aryl methyl sites for hydroxylation is 1. The molecule has 29 heavy (non-hydrogen) atoms. The number of amides is 1. The number of nitrogens with zero attached hydrogens (tertiary/aromatic N) is 1. The third kappa shape index (κ3) is 5.24. The van der Waals surface area contributed by atoms with Crippen LogP contribution >= 0.6 is 11.8 Å². The van der Waals surface area contributed by atoms with Crippen molar-refractivity contribution in [3.05, 3.63) is 66.4 Å². The molecule has 4 nitrogen and oxygen atoms in total. The predicted molar refractivity (Wildman–Crippen MR) is 121 cm³/mol. The van der Waals surface area contributed by atoms with Crippen LogP contribution in [0.1, 0.15) is 25.5 Å². The number of thioether (sulfide) groups is 1. The Morgan fingerprint density at radius 1 is 1.03 bits per heavy atom. The molecule has 0 aliphatic rings. The fourth-order valence-corrected chi connectivity index (χ4v) is 3.70. The Bertz CT molecular complexity index is 931. The number of ether oxygens (including phenoxy) is 1. The summed E-state index contributed by atoms with van der Waals surface area (Å²) < 4.78 is 7.54. The van der Waals surface area contributed by atoms with Gasteiger partial charge in [-0.15, -0.1) is 11.8 Å². The van der Waals surface area contributed by atoms with E-state index in [9.17, 15) is 4.79 Å². The fourth-order valence-electron chi connectivity index (χ4n) is 3.29. The SMILES string of the molecule is CCCNC(=O)CCc1ccc(-c2ccc(OC)cc2)n1-c1ccc(SC)cc1. The molecule has 0 radical (unpaired) electrons. The fraction of sp³-hybridized carbons (Fsp3) is 0.292. The summed E-state index contributed by atoms with van der Waals surface area (Å²) in [6.07, 6.45) is 4.20. The van der Waals surface area contributed by atoms with E-state index < -0.39 is 0 Å². The monoisotopic (exact) mass is 408 g/mol. The molecule has 0 fully saturated rings. The Morgan fingerprint density at radius 2 is 1.76 bits per heavy atom. The molecule has 0 atom stereocenters. The molecule has 1 heterocycles. The van der Waals surface area contributed by atoms with E-state index in [4.69, 9.17) is 4.74 Å². The van der Waals surface area contributed by atoms with Gasteiger partial charge in [0.05, 0.1) is 12.8 Å². The molecule has 0 spiro atoms. The molecular formula is C24H28N2O2S.